The molecule has 2 atom stereocenters. The molecule has 23 heavy (non-hydrogen) atoms. The van der Waals surface area contributed by atoms with Gasteiger partial charge in [0.25, 0.3) is 0 Å². The molecular formula is C19H18N2O2. The predicted octanol–water partition coefficient (Wildman–Crippen LogP) is 2.86. The lowest BCUT2D eigenvalue weighted by Gasteiger charge is -2.32. The Kier molecular flexibility index (Phi) is 4.70. The molecule has 1 aliphatic heterocycles. The standard InChI is InChI=1S/C19H18N2O2/c20-12-14-6-8-16(9-7-14)19(22)23-18-13-21-11-10-17(18)15-4-2-1-3-5-15/h1-9,17-18,21H,10-11,13H2/t17?,18-/m0/s1. The van der Waals surface area contributed by atoms with Crippen molar-refractivity contribution in [3.63, 3.8) is 0 Å². The number of hydrogen-bond donors (Lipinski definition) is 1. The maximum absolute atomic E-state index is 12.4. The van der Waals surface area contributed by atoms with E-state index in [9.17, 15) is 4.79 Å². The third kappa shape index (κ3) is 3.58. The van der Waals surface area contributed by atoms with Gasteiger partial charge in [-0.2, -0.15) is 5.26 Å². The number of nitrogens with zero attached hydrogens (tertiary/aromatic N) is 1. The second kappa shape index (κ2) is 7.08. The predicted molar refractivity (Wildman–Crippen MR) is 87.0 cm³/mol. The van der Waals surface area contributed by atoms with E-state index < -0.39 is 0 Å². The van der Waals surface area contributed by atoms with Crippen LogP contribution in [0.5, 0.6) is 0 Å². The fourth-order valence-corrected chi connectivity index (χ4v) is 2.92. The maximum Gasteiger partial charge on any atom is 0.338 e. The van der Waals surface area contributed by atoms with Gasteiger partial charge in [0, 0.05) is 12.5 Å². The largest absolute Gasteiger partial charge is 0.457 e. The van der Waals surface area contributed by atoms with Gasteiger partial charge in [-0.3, -0.25) is 0 Å². The molecule has 0 saturated carbocycles. The Labute approximate surface area is 135 Å². The topological polar surface area (TPSA) is 62.1 Å². The average molecular weight is 306 g/mol. The Hall–Kier alpha value is -2.64. The summed E-state index contributed by atoms with van der Waals surface area (Å²) in [7, 11) is 0. The number of rotatable bonds is 3. The Balaban J connectivity index is 1.74. The van der Waals surface area contributed by atoms with Crippen molar-refractivity contribution in [3.8, 4) is 6.07 Å². The molecule has 0 radical (unpaired) electrons. The number of benzene rings is 2. The second-order valence-electron chi connectivity index (χ2n) is 5.64. The first-order valence-corrected chi connectivity index (χ1v) is 7.75. The minimum Gasteiger partial charge on any atom is -0.457 e. The van der Waals surface area contributed by atoms with Gasteiger partial charge in [-0.1, -0.05) is 30.3 Å². The summed E-state index contributed by atoms with van der Waals surface area (Å²) in [6.45, 7) is 1.58. The number of nitrogens with one attached hydrogen (secondary N) is 1. The minimum atomic E-state index is -0.343. The van der Waals surface area contributed by atoms with Gasteiger partial charge in [0.05, 0.1) is 17.2 Å². The van der Waals surface area contributed by atoms with Gasteiger partial charge < -0.3 is 10.1 Å². The van der Waals surface area contributed by atoms with E-state index in [1.807, 2.05) is 24.3 Å². The molecule has 0 amide bonds. The molecule has 4 heteroatoms. The molecule has 0 bridgehead atoms. The average Bonchev–Trinajstić information content (AvgIpc) is 2.63. The second-order valence-corrected chi connectivity index (χ2v) is 5.64. The summed E-state index contributed by atoms with van der Waals surface area (Å²) in [6, 6.07) is 18.7. The SMILES string of the molecule is N#Cc1ccc(C(=O)O[C@H]2CNCCC2c2ccccc2)cc1. The van der Waals surface area contributed by atoms with E-state index in [-0.39, 0.29) is 18.0 Å². The molecule has 4 nitrogen and oxygen atoms in total. The number of ether oxygens (including phenoxy) is 1. The van der Waals surface area contributed by atoms with Gasteiger partial charge in [0.15, 0.2) is 0 Å². The van der Waals surface area contributed by atoms with Crippen molar-refractivity contribution >= 4 is 5.97 Å². The van der Waals surface area contributed by atoms with E-state index in [0.29, 0.717) is 17.7 Å². The van der Waals surface area contributed by atoms with Gasteiger partial charge >= 0.3 is 5.97 Å². The van der Waals surface area contributed by atoms with Crippen LogP contribution in [0, 0.1) is 11.3 Å². The zero-order valence-corrected chi connectivity index (χ0v) is 12.7. The first-order valence-electron chi connectivity index (χ1n) is 7.75. The molecule has 0 aliphatic carbocycles. The summed E-state index contributed by atoms with van der Waals surface area (Å²) in [5, 5.41) is 12.1. The summed E-state index contributed by atoms with van der Waals surface area (Å²) < 4.78 is 5.73. The minimum absolute atomic E-state index is 0.186. The zero-order chi connectivity index (χ0) is 16.1. The molecule has 1 fully saturated rings. The van der Waals surface area contributed by atoms with Crippen LogP contribution in [0.3, 0.4) is 0 Å². The molecule has 0 aromatic heterocycles. The normalized spacial score (nSPS) is 20.5. The monoisotopic (exact) mass is 306 g/mol. The molecule has 2 aromatic carbocycles. The summed E-state index contributed by atoms with van der Waals surface area (Å²) in [4.78, 5) is 12.4. The van der Waals surface area contributed by atoms with Crippen molar-refractivity contribution in [2.45, 2.75) is 18.4 Å². The van der Waals surface area contributed by atoms with E-state index in [0.717, 1.165) is 13.0 Å². The van der Waals surface area contributed by atoms with Crippen molar-refractivity contribution in [2.24, 2.45) is 0 Å². The lowest BCUT2D eigenvalue weighted by molar-refractivity contribution is 0.0182. The number of carbonyl (C=O) groups is 1. The van der Waals surface area contributed by atoms with Crippen LogP contribution in [-0.2, 0) is 4.74 Å². The summed E-state index contributed by atoms with van der Waals surface area (Å²) in [5.74, 6) is -0.135. The van der Waals surface area contributed by atoms with E-state index in [1.54, 1.807) is 24.3 Å². The van der Waals surface area contributed by atoms with Gasteiger partial charge in [-0.15, -0.1) is 0 Å². The van der Waals surface area contributed by atoms with E-state index in [4.69, 9.17) is 10.00 Å². The van der Waals surface area contributed by atoms with Crippen molar-refractivity contribution in [1.82, 2.24) is 5.32 Å². The smallest absolute Gasteiger partial charge is 0.338 e. The highest BCUT2D eigenvalue weighted by atomic mass is 16.5. The first-order chi connectivity index (χ1) is 11.3. The number of nitriles is 1. The Morgan fingerprint density at radius 1 is 1.13 bits per heavy atom. The molecule has 0 spiro atoms. The maximum atomic E-state index is 12.4. The molecule has 3 rings (SSSR count). The van der Waals surface area contributed by atoms with E-state index >= 15 is 0 Å². The van der Waals surface area contributed by atoms with E-state index in [1.165, 1.54) is 5.56 Å². The van der Waals surface area contributed by atoms with Crippen LogP contribution in [0.4, 0.5) is 0 Å². The van der Waals surface area contributed by atoms with Crippen molar-refractivity contribution in [3.05, 3.63) is 71.3 Å². The highest BCUT2D eigenvalue weighted by Gasteiger charge is 2.29. The molecule has 116 valence electrons. The van der Waals surface area contributed by atoms with Crippen molar-refractivity contribution < 1.29 is 9.53 Å². The number of piperidine rings is 1. The van der Waals surface area contributed by atoms with Crippen LogP contribution >= 0.6 is 0 Å². The molecule has 1 N–H and O–H groups in total. The fourth-order valence-electron chi connectivity index (χ4n) is 2.92. The summed E-state index contributed by atoms with van der Waals surface area (Å²) in [6.07, 6.45) is 0.754. The van der Waals surface area contributed by atoms with Gasteiger partial charge in [0.2, 0.25) is 0 Å². The molecule has 2 aromatic rings. The summed E-state index contributed by atoms with van der Waals surface area (Å²) >= 11 is 0. The lowest BCUT2D eigenvalue weighted by Crippen LogP contribution is -2.42. The number of carbonyl (C=O) groups excluding carboxylic acids is 1. The van der Waals surface area contributed by atoms with Crippen LogP contribution in [0.2, 0.25) is 0 Å². The number of hydrogen-bond acceptors (Lipinski definition) is 4. The Morgan fingerprint density at radius 2 is 1.87 bits per heavy atom. The quantitative estimate of drug-likeness (QED) is 0.886. The molecular weight excluding hydrogens is 288 g/mol. The molecule has 1 heterocycles. The third-order valence-corrected chi connectivity index (χ3v) is 4.16. The van der Waals surface area contributed by atoms with Gasteiger partial charge in [0.1, 0.15) is 6.10 Å². The first kappa shape index (κ1) is 15.3. The Bertz CT molecular complexity index is 704. The zero-order valence-electron chi connectivity index (χ0n) is 12.7. The number of esters is 1. The molecule has 1 unspecified atom stereocenters. The highest BCUT2D eigenvalue weighted by Crippen LogP contribution is 2.28. The van der Waals surface area contributed by atoms with Gasteiger partial charge in [-0.05, 0) is 42.8 Å². The highest BCUT2D eigenvalue weighted by molar-refractivity contribution is 5.89. The van der Waals surface area contributed by atoms with Crippen molar-refractivity contribution in [2.75, 3.05) is 13.1 Å². The van der Waals surface area contributed by atoms with Crippen LogP contribution < -0.4 is 5.32 Å². The van der Waals surface area contributed by atoms with Crippen molar-refractivity contribution in [1.29, 1.82) is 5.26 Å². The fraction of sp³-hybridized carbons (Fsp3) is 0.263. The third-order valence-electron chi connectivity index (χ3n) is 4.16. The van der Waals surface area contributed by atoms with Crippen LogP contribution in [0.15, 0.2) is 54.6 Å². The van der Waals surface area contributed by atoms with Gasteiger partial charge in [-0.25, -0.2) is 4.79 Å². The molecule has 1 saturated heterocycles. The lowest BCUT2D eigenvalue weighted by atomic mass is 9.88. The van der Waals surface area contributed by atoms with Crippen LogP contribution in [0.25, 0.3) is 0 Å². The summed E-state index contributed by atoms with van der Waals surface area (Å²) in [5.41, 5.74) is 2.20. The molecule has 1 aliphatic rings. The van der Waals surface area contributed by atoms with Crippen LogP contribution in [-0.4, -0.2) is 25.2 Å². The van der Waals surface area contributed by atoms with Crippen LogP contribution in [0.1, 0.15) is 33.8 Å². The van der Waals surface area contributed by atoms with E-state index in [2.05, 4.69) is 17.4 Å². The Morgan fingerprint density at radius 3 is 2.57 bits per heavy atom.